The van der Waals surface area contributed by atoms with E-state index in [2.05, 4.69) is 15.5 Å². The third-order valence-corrected chi connectivity index (χ3v) is 3.91. The van der Waals surface area contributed by atoms with Gasteiger partial charge in [0, 0.05) is 10.9 Å². The van der Waals surface area contributed by atoms with E-state index in [9.17, 15) is 4.79 Å². The molecule has 0 radical (unpaired) electrons. The number of pyridine rings is 1. The molecule has 3 aromatic rings. The predicted molar refractivity (Wildman–Crippen MR) is 99.4 cm³/mol. The summed E-state index contributed by atoms with van der Waals surface area (Å²) in [4.78, 5) is 16.1. The van der Waals surface area contributed by atoms with Crippen LogP contribution in [0.15, 0.2) is 59.7 Å². The van der Waals surface area contributed by atoms with Crippen LogP contribution in [0.5, 0.6) is 5.75 Å². The number of amides is 1. The molecule has 0 saturated heterocycles. The van der Waals surface area contributed by atoms with Crippen LogP contribution in [0.2, 0.25) is 10.2 Å². The van der Waals surface area contributed by atoms with Crippen LogP contribution in [0.3, 0.4) is 0 Å². The molecule has 0 bridgehead atoms. The van der Waals surface area contributed by atoms with Gasteiger partial charge in [0.15, 0.2) is 6.61 Å². The van der Waals surface area contributed by atoms with Crippen LogP contribution < -0.4 is 10.2 Å². The Morgan fingerprint density at radius 1 is 1.16 bits per heavy atom. The number of carbonyl (C=O) groups excluding carboxylic acids is 1. The van der Waals surface area contributed by atoms with E-state index in [1.165, 1.54) is 6.21 Å². The van der Waals surface area contributed by atoms with E-state index in [0.717, 1.165) is 10.9 Å². The van der Waals surface area contributed by atoms with Crippen molar-refractivity contribution in [2.45, 2.75) is 0 Å². The molecule has 0 atom stereocenters. The summed E-state index contributed by atoms with van der Waals surface area (Å²) in [7, 11) is 0. The second-order valence-electron chi connectivity index (χ2n) is 5.07. The number of rotatable bonds is 5. The van der Waals surface area contributed by atoms with Crippen molar-refractivity contribution in [3.05, 3.63) is 70.3 Å². The van der Waals surface area contributed by atoms with E-state index in [1.807, 2.05) is 30.3 Å². The van der Waals surface area contributed by atoms with Gasteiger partial charge >= 0.3 is 0 Å². The van der Waals surface area contributed by atoms with Crippen LogP contribution in [0.4, 0.5) is 0 Å². The lowest BCUT2D eigenvalue weighted by molar-refractivity contribution is -0.123. The monoisotopic (exact) mass is 373 g/mol. The van der Waals surface area contributed by atoms with Crippen molar-refractivity contribution in [1.82, 2.24) is 10.4 Å². The number of halogens is 2. The number of hydrazone groups is 1. The Morgan fingerprint density at radius 2 is 1.92 bits per heavy atom. The number of nitrogens with zero attached hydrogens (tertiary/aromatic N) is 2. The molecule has 0 fully saturated rings. The van der Waals surface area contributed by atoms with Gasteiger partial charge in [0.25, 0.3) is 5.91 Å². The molecular weight excluding hydrogens is 361 g/mol. The van der Waals surface area contributed by atoms with Crippen LogP contribution in [0.1, 0.15) is 5.56 Å². The minimum Gasteiger partial charge on any atom is -0.482 e. The van der Waals surface area contributed by atoms with Gasteiger partial charge in [-0.05, 0) is 24.3 Å². The average Bonchev–Trinajstić information content (AvgIpc) is 2.61. The molecule has 1 heterocycles. The van der Waals surface area contributed by atoms with Gasteiger partial charge in [-0.25, -0.2) is 10.4 Å². The Bertz CT molecular complexity index is 945. The maximum absolute atomic E-state index is 11.8. The molecule has 0 spiro atoms. The van der Waals surface area contributed by atoms with Gasteiger partial charge in [-0.1, -0.05) is 53.5 Å². The summed E-state index contributed by atoms with van der Waals surface area (Å²) >= 11 is 12.1. The first-order valence-corrected chi connectivity index (χ1v) is 8.13. The highest BCUT2D eigenvalue weighted by Gasteiger charge is 2.05. The van der Waals surface area contributed by atoms with Crippen molar-refractivity contribution in [3.63, 3.8) is 0 Å². The van der Waals surface area contributed by atoms with Gasteiger partial charge in [-0.2, -0.15) is 5.10 Å². The molecular formula is C18H13Cl2N3O2. The molecule has 5 nitrogen and oxygen atoms in total. The van der Waals surface area contributed by atoms with E-state index in [0.29, 0.717) is 21.5 Å². The highest BCUT2D eigenvalue weighted by atomic mass is 35.5. The zero-order valence-electron chi connectivity index (χ0n) is 12.9. The number of aromatic nitrogens is 1. The first-order chi connectivity index (χ1) is 12.1. The third kappa shape index (κ3) is 4.47. The van der Waals surface area contributed by atoms with Crippen molar-refractivity contribution in [2.75, 3.05) is 6.61 Å². The Balaban J connectivity index is 1.60. The van der Waals surface area contributed by atoms with Crippen molar-refractivity contribution in [2.24, 2.45) is 5.10 Å². The number of para-hydroxylation sites is 2. The second kappa shape index (κ2) is 7.96. The summed E-state index contributed by atoms with van der Waals surface area (Å²) in [5.74, 6) is 0.0195. The van der Waals surface area contributed by atoms with E-state index in [-0.39, 0.29) is 6.61 Å². The molecule has 7 heteroatoms. The van der Waals surface area contributed by atoms with E-state index in [1.54, 1.807) is 24.3 Å². The van der Waals surface area contributed by atoms with E-state index >= 15 is 0 Å². The van der Waals surface area contributed by atoms with Gasteiger partial charge in [-0.3, -0.25) is 4.79 Å². The van der Waals surface area contributed by atoms with Crippen molar-refractivity contribution in [1.29, 1.82) is 0 Å². The quantitative estimate of drug-likeness (QED) is 0.416. The minimum absolute atomic E-state index is 0.204. The van der Waals surface area contributed by atoms with E-state index in [4.69, 9.17) is 27.9 Å². The number of nitrogens with one attached hydrogen (secondary N) is 1. The number of ether oxygens (including phenoxy) is 1. The molecule has 1 N–H and O–H groups in total. The lowest BCUT2D eigenvalue weighted by Gasteiger charge is -2.06. The fourth-order valence-electron chi connectivity index (χ4n) is 2.11. The van der Waals surface area contributed by atoms with Crippen LogP contribution in [0.25, 0.3) is 10.9 Å². The molecule has 1 amide bonds. The zero-order valence-corrected chi connectivity index (χ0v) is 14.5. The summed E-state index contributed by atoms with van der Waals surface area (Å²) in [6.07, 6.45) is 1.44. The fourth-order valence-corrected chi connectivity index (χ4v) is 2.50. The molecule has 2 aromatic carbocycles. The van der Waals surface area contributed by atoms with Crippen molar-refractivity contribution in [3.8, 4) is 5.75 Å². The van der Waals surface area contributed by atoms with Crippen molar-refractivity contribution >= 4 is 46.2 Å². The Kier molecular flexibility index (Phi) is 5.48. The number of benzene rings is 2. The average molecular weight is 374 g/mol. The van der Waals surface area contributed by atoms with Gasteiger partial charge < -0.3 is 4.74 Å². The smallest absolute Gasteiger partial charge is 0.277 e. The van der Waals surface area contributed by atoms with Crippen LogP contribution in [-0.2, 0) is 4.79 Å². The van der Waals surface area contributed by atoms with Crippen LogP contribution in [0, 0.1) is 0 Å². The lowest BCUT2D eigenvalue weighted by Crippen LogP contribution is -2.24. The van der Waals surface area contributed by atoms with E-state index < -0.39 is 5.91 Å². The first kappa shape index (κ1) is 17.2. The highest BCUT2D eigenvalue weighted by Crippen LogP contribution is 2.22. The molecule has 0 aliphatic rings. The highest BCUT2D eigenvalue weighted by molar-refractivity contribution is 6.32. The number of hydrogen-bond acceptors (Lipinski definition) is 4. The molecule has 3 rings (SSSR count). The summed E-state index contributed by atoms with van der Waals surface area (Å²) in [5.41, 5.74) is 3.77. The molecule has 25 heavy (non-hydrogen) atoms. The minimum atomic E-state index is -0.416. The number of carbonyl (C=O) groups is 1. The van der Waals surface area contributed by atoms with Gasteiger partial charge in [0.05, 0.1) is 16.8 Å². The first-order valence-electron chi connectivity index (χ1n) is 7.38. The van der Waals surface area contributed by atoms with Gasteiger partial charge in [0.2, 0.25) is 0 Å². The summed E-state index contributed by atoms with van der Waals surface area (Å²) in [6.45, 7) is -0.204. The second-order valence-corrected chi connectivity index (χ2v) is 5.84. The molecule has 0 aliphatic heterocycles. The SMILES string of the molecule is O=C(COc1ccccc1Cl)NN=Cc1cc2ccccc2nc1Cl. The lowest BCUT2D eigenvalue weighted by atomic mass is 10.2. The maximum Gasteiger partial charge on any atom is 0.277 e. The van der Waals surface area contributed by atoms with Gasteiger partial charge in [0.1, 0.15) is 10.9 Å². The zero-order chi connectivity index (χ0) is 17.6. The molecule has 126 valence electrons. The molecule has 0 unspecified atom stereocenters. The number of hydrogen-bond donors (Lipinski definition) is 1. The normalized spacial score (nSPS) is 11.0. The Hall–Kier alpha value is -2.63. The summed E-state index contributed by atoms with van der Waals surface area (Å²) in [6, 6.07) is 16.3. The predicted octanol–water partition coefficient (Wildman–Crippen LogP) is 4.07. The standard InChI is InChI=1S/C18H13Cl2N3O2/c19-14-6-2-4-8-16(14)25-11-17(24)23-21-10-13-9-12-5-1-3-7-15(12)22-18(13)20/h1-10H,11H2,(H,23,24). The third-order valence-electron chi connectivity index (χ3n) is 3.29. The number of fused-ring (bicyclic) bond motifs is 1. The molecule has 1 aromatic heterocycles. The molecule has 0 saturated carbocycles. The molecule has 0 aliphatic carbocycles. The van der Waals surface area contributed by atoms with Crippen LogP contribution >= 0.6 is 23.2 Å². The Labute approximate surface area is 154 Å². The largest absolute Gasteiger partial charge is 0.482 e. The van der Waals surface area contributed by atoms with Gasteiger partial charge in [-0.15, -0.1) is 0 Å². The van der Waals surface area contributed by atoms with Crippen LogP contribution in [-0.4, -0.2) is 23.7 Å². The summed E-state index contributed by atoms with van der Waals surface area (Å²) < 4.78 is 5.33. The maximum atomic E-state index is 11.8. The van der Waals surface area contributed by atoms with Crippen molar-refractivity contribution < 1.29 is 9.53 Å². The Morgan fingerprint density at radius 3 is 2.76 bits per heavy atom. The topological polar surface area (TPSA) is 63.6 Å². The fraction of sp³-hybridized carbons (Fsp3) is 0.0556. The summed E-state index contributed by atoms with van der Waals surface area (Å²) in [5, 5.41) is 5.56.